The first-order chi connectivity index (χ1) is 44.3. The fraction of sp³-hybridized carbons (Fsp3) is 0.667. The quantitative estimate of drug-likeness (QED) is 0.0261. The summed E-state index contributed by atoms with van der Waals surface area (Å²) in [6.07, 6.45) is 99.2. The van der Waals surface area contributed by atoms with E-state index in [2.05, 4.69) is 165 Å². The number of hydrogen-bond donors (Lipinski definition) is 6. The van der Waals surface area contributed by atoms with Crippen LogP contribution in [0.1, 0.15) is 290 Å². The second-order valence-electron chi connectivity index (χ2n) is 24.6. The fourth-order valence-corrected chi connectivity index (χ4v) is 10.6. The van der Waals surface area contributed by atoms with E-state index in [9.17, 15) is 30.3 Å². The van der Waals surface area contributed by atoms with E-state index < -0.39 is 49.5 Å². The van der Waals surface area contributed by atoms with Crippen LogP contribution in [0.15, 0.2) is 158 Å². The summed E-state index contributed by atoms with van der Waals surface area (Å²) in [4.78, 5) is 13.1. The van der Waals surface area contributed by atoms with Gasteiger partial charge in [0.25, 0.3) is 0 Å². The van der Waals surface area contributed by atoms with Gasteiger partial charge in [0.05, 0.1) is 25.4 Å². The molecule has 0 aromatic carbocycles. The number of aliphatic hydroxyl groups is 5. The second kappa shape index (κ2) is 67.7. The van der Waals surface area contributed by atoms with Gasteiger partial charge in [0, 0.05) is 6.42 Å². The molecular weight excluding hydrogens is 1110 g/mol. The zero-order chi connectivity index (χ0) is 64.9. The summed E-state index contributed by atoms with van der Waals surface area (Å²) in [5, 5.41) is 54.8. The third kappa shape index (κ3) is 55.4. The molecule has 1 amide bonds. The van der Waals surface area contributed by atoms with Crippen molar-refractivity contribution in [3.05, 3.63) is 158 Å². The highest BCUT2D eigenvalue weighted by molar-refractivity contribution is 5.76. The van der Waals surface area contributed by atoms with Gasteiger partial charge in [-0.1, -0.05) is 326 Å². The van der Waals surface area contributed by atoms with E-state index >= 15 is 0 Å². The van der Waals surface area contributed by atoms with Gasteiger partial charge < -0.3 is 40.3 Å². The number of ether oxygens (including phenoxy) is 2. The van der Waals surface area contributed by atoms with Crippen LogP contribution in [-0.4, -0.2) is 87.5 Å². The number of rotatable bonds is 62. The van der Waals surface area contributed by atoms with Gasteiger partial charge in [0.1, 0.15) is 24.4 Å². The SMILES string of the molecule is CC/C=C\C/C=C\C/C=C\C/C=C\C/C=C\C/C=C\C/C=C\C/C=C\C/C=C\C/C=C\C/C=C\CCCCCCCC(=O)NC(COC1OC(CO)C(O)C(O)C1O)C(O)/C=C/CC/C=C/CCCCCCCCCCCCCCCCCCCCCCCC. The van der Waals surface area contributed by atoms with Gasteiger partial charge in [0.15, 0.2) is 6.29 Å². The number of allylic oxidation sites excluding steroid dienone is 25. The minimum Gasteiger partial charge on any atom is -0.394 e. The average molecular weight is 1250 g/mol. The summed E-state index contributed by atoms with van der Waals surface area (Å²) >= 11 is 0. The van der Waals surface area contributed by atoms with E-state index in [1.165, 1.54) is 141 Å². The van der Waals surface area contributed by atoms with Gasteiger partial charge >= 0.3 is 0 Å². The van der Waals surface area contributed by atoms with Gasteiger partial charge in [-0.3, -0.25) is 4.79 Å². The Morgan fingerprint density at radius 3 is 1.07 bits per heavy atom. The lowest BCUT2D eigenvalue weighted by molar-refractivity contribution is -0.302. The van der Waals surface area contributed by atoms with Crippen molar-refractivity contribution in [3.63, 3.8) is 0 Å². The second-order valence-corrected chi connectivity index (χ2v) is 24.6. The number of unbranched alkanes of at least 4 members (excludes halogenated alkanes) is 28. The molecule has 1 aliphatic heterocycles. The van der Waals surface area contributed by atoms with Crippen LogP contribution >= 0.6 is 0 Å². The van der Waals surface area contributed by atoms with Crippen LogP contribution in [0, 0.1) is 0 Å². The van der Waals surface area contributed by atoms with Crippen LogP contribution in [0.5, 0.6) is 0 Å². The Labute approximate surface area is 552 Å². The Balaban J connectivity index is 2.20. The maximum absolute atomic E-state index is 13.1. The molecule has 9 heteroatoms. The van der Waals surface area contributed by atoms with Gasteiger partial charge in [-0.2, -0.15) is 0 Å². The van der Waals surface area contributed by atoms with E-state index in [0.717, 1.165) is 128 Å². The maximum Gasteiger partial charge on any atom is 0.220 e. The van der Waals surface area contributed by atoms with Crippen molar-refractivity contribution in [2.75, 3.05) is 13.2 Å². The zero-order valence-corrected chi connectivity index (χ0v) is 57.3. The molecule has 90 heavy (non-hydrogen) atoms. The molecule has 0 aliphatic carbocycles. The summed E-state index contributed by atoms with van der Waals surface area (Å²) < 4.78 is 11.3. The molecule has 1 aliphatic rings. The lowest BCUT2D eigenvalue weighted by atomic mass is 9.99. The molecule has 9 nitrogen and oxygen atoms in total. The normalized spacial score (nSPS) is 18.8. The molecule has 512 valence electrons. The topological polar surface area (TPSA) is 149 Å². The first kappa shape index (κ1) is 83.8. The molecule has 7 unspecified atom stereocenters. The number of hydrogen-bond acceptors (Lipinski definition) is 8. The predicted octanol–water partition coefficient (Wildman–Crippen LogP) is 20.7. The van der Waals surface area contributed by atoms with Crippen LogP contribution in [0.2, 0.25) is 0 Å². The number of aliphatic hydroxyl groups excluding tert-OH is 5. The van der Waals surface area contributed by atoms with Crippen LogP contribution in [0.4, 0.5) is 0 Å². The molecule has 1 heterocycles. The Kier molecular flexibility index (Phi) is 63.0. The number of amides is 1. The van der Waals surface area contributed by atoms with Crippen molar-refractivity contribution in [2.45, 2.75) is 333 Å². The highest BCUT2D eigenvalue weighted by atomic mass is 16.7. The van der Waals surface area contributed by atoms with Crippen molar-refractivity contribution in [1.82, 2.24) is 5.32 Å². The molecule has 0 aromatic heterocycles. The van der Waals surface area contributed by atoms with Gasteiger partial charge in [0.2, 0.25) is 5.91 Å². The van der Waals surface area contributed by atoms with E-state index in [1.54, 1.807) is 6.08 Å². The molecule has 0 aromatic rings. The van der Waals surface area contributed by atoms with Crippen LogP contribution in [-0.2, 0) is 14.3 Å². The lowest BCUT2D eigenvalue weighted by Gasteiger charge is -2.40. The molecule has 1 saturated heterocycles. The minimum absolute atomic E-state index is 0.209. The molecule has 0 saturated carbocycles. The van der Waals surface area contributed by atoms with Gasteiger partial charge in [-0.15, -0.1) is 0 Å². The zero-order valence-electron chi connectivity index (χ0n) is 57.3. The largest absolute Gasteiger partial charge is 0.394 e. The van der Waals surface area contributed by atoms with E-state index in [1.807, 2.05) is 6.08 Å². The van der Waals surface area contributed by atoms with Crippen molar-refractivity contribution in [3.8, 4) is 0 Å². The minimum atomic E-state index is -1.59. The van der Waals surface area contributed by atoms with E-state index in [4.69, 9.17) is 9.47 Å². The summed E-state index contributed by atoms with van der Waals surface area (Å²) in [6.45, 7) is 3.65. The third-order valence-corrected chi connectivity index (χ3v) is 16.3. The summed E-state index contributed by atoms with van der Waals surface area (Å²) in [6, 6.07) is -0.846. The van der Waals surface area contributed by atoms with Crippen LogP contribution in [0.25, 0.3) is 0 Å². The average Bonchev–Trinajstić information content (AvgIpc) is 2.75. The maximum atomic E-state index is 13.1. The third-order valence-electron chi connectivity index (χ3n) is 16.3. The van der Waals surface area contributed by atoms with Crippen LogP contribution in [0.3, 0.4) is 0 Å². The standard InChI is InChI=1S/C81H135NO8/c1-3-5-7-9-11-13-15-17-19-21-23-25-27-29-31-33-34-35-36-37-38-39-40-41-42-43-45-47-49-51-53-55-57-59-61-63-65-67-69-71-77(85)82-74(73-89-81-80(88)79(87)78(86)76(72-83)90-81)75(84)70-68-66-64-62-60-58-56-54-52-50-48-46-44-32-30-28-26-24-22-20-18-16-14-12-10-8-6-4-2/h5,7,11,13,17,19,23,25,29,31,34-35,37-38,40-41,43,45,49,51,55,57,60,62,68,70,74-76,78-81,83-84,86-88H,3-4,6,8-10,12,14-16,18,20-22,24,26-28,30,32-33,36,39,42,44,46-48,50,52-54,56,58-59,61,63-67,69,71-73H2,1-2H3,(H,82,85)/b7-5-,13-11-,19-17-,25-23-,31-29-,35-34-,38-37-,41-40-,45-43-,51-49-,57-55-,62-60+,70-68+. The molecule has 1 rings (SSSR count). The van der Waals surface area contributed by atoms with Crippen molar-refractivity contribution < 1.29 is 39.8 Å². The Morgan fingerprint density at radius 1 is 0.389 bits per heavy atom. The number of nitrogens with one attached hydrogen (secondary N) is 1. The Bertz CT molecular complexity index is 1980. The highest BCUT2D eigenvalue weighted by Gasteiger charge is 2.44. The van der Waals surface area contributed by atoms with Gasteiger partial charge in [-0.05, 0) is 116 Å². The van der Waals surface area contributed by atoms with E-state index in [-0.39, 0.29) is 12.5 Å². The number of carbonyl (C=O) groups is 1. The highest BCUT2D eigenvalue weighted by Crippen LogP contribution is 2.23. The monoisotopic (exact) mass is 1250 g/mol. The molecule has 0 radical (unpaired) electrons. The first-order valence-electron chi connectivity index (χ1n) is 36.7. The molecule has 1 fully saturated rings. The van der Waals surface area contributed by atoms with Crippen molar-refractivity contribution in [1.29, 1.82) is 0 Å². The lowest BCUT2D eigenvalue weighted by Crippen LogP contribution is -2.60. The molecule has 7 atom stereocenters. The van der Waals surface area contributed by atoms with Crippen molar-refractivity contribution >= 4 is 5.91 Å². The summed E-state index contributed by atoms with van der Waals surface area (Å²) in [7, 11) is 0. The molecule has 0 bridgehead atoms. The first-order valence-corrected chi connectivity index (χ1v) is 36.7. The summed E-state index contributed by atoms with van der Waals surface area (Å²) in [5.74, 6) is -0.209. The molecule has 0 spiro atoms. The molecular formula is C81H135NO8. The number of carbonyl (C=O) groups excluding carboxylic acids is 1. The fourth-order valence-electron chi connectivity index (χ4n) is 10.6. The van der Waals surface area contributed by atoms with Crippen molar-refractivity contribution in [2.24, 2.45) is 0 Å². The van der Waals surface area contributed by atoms with E-state index in [0.29, 0.717) is 6.42 Å². The summed E-state index contributed by atoms with van der Waals surface area (Å²) in [5.41, 5.74) is 0. The van der Waals surface area contributed by atoms with Crippen LogP contribution < -0.4 is 5.32 Å². The Hall–Kier alpha value is -4.19. The smallest absolute Gasteiger partial charge is 0.220 e. The predicted molar refractivity (Wildman–Crippen MR) is 386 cm³/mol. The Morgan fingerprint density at radius 2 is 0.700 bits per heavy atom. The molecule has 6 N–H and O–H groups in total. The van der Waals surface area contributed by atoms with Gasteiger partial charge in [-0.25, -0.2) is 0 Å².